The summed E-state index contributed by atoms with van der Waals surface area (Å²) in [6.07, 6.45) is 1.96. The second-order valence-corrected chi connectivity index (χ2v) is 8.65. The topological polar surface area (TPSA) is 49.9 Å². The van der Waals surface area contributed by atoms with Crippen molar-refractivity contribution in [3.05, 3.63) is 65.4 Å². The Labute approximate surface area is 186 Å². The molecule has 2 aromatic rings. The molecule has 1 saturated heterocycles. The number of carbonyl (C=O) groups excluding carboxylic acids is 2. The molecule has 0 saturated carbocycles. The summed E-state index contributed by atoms with van der Waals surface area (Å²) < 4.78 is 33.0. The lowest BCUT2D eigenvalue weighted by Gasteiger charge is -2.33. The molecule has 2 amide bonds. The molecule has 0 spiro atoms. The number of ether oxygens (including phenoxy) is 1. The maximum atomic E-state index is 13.9. The molecule has 0 N–H and O–H groups in total. The van der Waals surface area contributed by atoms with Gasteiger partial charge in [0.25, 0.3) is 11.8 Å². The molecule has 1 unspecified atom stereocenters. The smallest absolute Gasteiger partial charge is 0.282 e. The van der Waals surface area contributed by atoms with E-state index < -0.39 is 23.4 Å². The van der Waals surface area contributed by atoms with Gasteiger partial charge in [0.1, 0.15) is 11.4 Å². The summed E-state index contributed by atoms with van der Waals surface area (Å²) in [6.45, 7) is 7.26. The van der Waals surface area contributed by atoms with E-state index in [1.807, 2.05) is 18.7 Å². The number of hydrogen-bond acceptors (Lipinski definition) is 4. The summed E-state index contributed by atoms with van der Waals surface area (Å²) in [6, 6.07) is 10.1. The third-order valence-corrected chi connectivity index (χ3v) is 5.71. The molecule has 2 heterocycles. The maximum Gasteiger partial charge on any atom is 0.282 e. The Bertz CT molecular complexity index is 1080. The van der Waals surface area contributed by atoms with Crippen molar-refractivity contribution in [2.24, 2.45) is 5.92 Å². The van der Waals surface area contributed by atoms with Crippen LogP contribution in [0.5, 0.6) is 5.75 Å². The number of nitrogens with zero attached hydrogens (tertiary/aromatic N) is 2. The summed E-state index contributed by atoms with van der Waals surface area (Å²) >= 11 is 0. The lowest BCUT2D eigenvalue weighted by Crippen LogP contribution is -2.39. The zero-order valence-electron chi connectivity index (χ0n) is 18.4. The number of likely N-dealkylation sites (tertiary alicyclic amines) is 1. The van der Waals surface area contributed by atoms with Gasteiger partial charge in [-0.3, -0.25) is 9.59 Å². The largest absolute Gasteiger partial charge is 0.491 e. The van der Waals surface area contributed by atoms with E-state index in [1.54, 1.807) is 24.3 Å². The van der Waals surface area contributed by atoms with E-state index in [0.29, 0.717) is 36.0 Å². The molecule has 168 valence electrons. The molecule has 2 aromatic carbocycles. The number of carbonyl (C=O) groups is 2. The zero-order valence-corrected chi connectivity index (χ0v) is 18.4. The average molecular weight is 440 g/mol. The first kappa shape index (κ1) is 22.0. The van der Waals surface area contributed by atoms with Crippen LogP contribution in [-0.2, 0) is 9.59 Å². The molecule has 32 heavy (non-hydrogen) atoms. The van der Waals surface area contributed by atoms with Gasteiger partial charge in [0, 0.05) is 19.2 Å². The summed E-state index contributed by atoms with van der Waals surface area (Å²) in [7, 11) is 0. The van der Waals surface area contributed by atoms with E-state index in [2.05, 4.69) is 6.92 Å². The summed E-state index contributed by atoms with van der Waals surface area (Å²) in [5.74, 6) is -2.18. The average Bonchev–Trinajstić information content (AvgIpc) is 3.00. The number of hydrogen-bond donors (Lipinski definition) is 0. The molecule has 7 heteroatoms. The highest BCUT2D eigenvalue weighted by Crippen LogP contribution is 2.37. The Morgan fingerprint density at radius 3 is 2.34 bits per heavy atom. The van der Waals surface area contributed by atoms with Crippen LogP contribution in [0.3, 0.4) is 0 Å². The molecule has 1 fully saturated rings. The highest BCUT2D eigenvalue weighted by atomic mass is 19.2. The molecule has 5 nitrogen and oxygen atoms in total. The first-order valence-corrected chi connectivity index (χ1v) is 10.9. The number of imide groups is 1. The van der Waals surface area contributed by atoms with Crippen molar-refractivity contribution in [2.45, 2.75) is 39.7 Å². The van der Waals surface area contributed by atoms with Crippen molar-refractivity contribution in [1.29, 1.82) is 0 Å². The van der Waals surface area contributed by atoms with Crippen LogP contribution in [0.1, 0.15) is 39.2 Å². The fraction of sp³-hybridized carbons (Fsp3) is 0.360. The molecule has 0 bridgehead atoms. The summed E-state index contributed by atoms with van der Waals surface area (Å²) in [5, 5.41) is 0. The quantitative estimate of drug-likeness (QED) is 0.629. The van der Waals surface area contributed by atoms with Crippen molar-refractivity contribution in [3.8, 4) is 5.75 Å². The minimum Gasteiger partial charge on any atom is -0.491 e. The number of anilines is 1. The van der Waals surface area contributed by atoms with Gasteiger partial charge < -0.3 is 9.64 Å². The molecule has 4 rings (SSSR count). The zero-order chi connectivity index (χ0) is 23.0. The fourth-order valence-electron chi connectivity index (χ4n) is 4.30. The van der Waals surface area contributed by atoms with E-state index in [9.17, 15) is 18.4 Å². The Kier molecular flexibility index (Phi) is 6.00. The Balaban J connectivity index is 1.78. The van der Waals surface area contributed by atoms with Crippen LogP contribution in [0.4, 0.5) is 14.5 Å². The van der Waals surface area contributed by atoms with Crippen LogP contribution in [0.15, 0.2) is 48.2 Å². The third-order valence-electron chi connectivity index (χ3n) is 5.71. The van der Waals surface area contributed by atoms with Crippen LogP contribution in [0.25, 0.3) is 5.57 Å². The predicted molar refractivity (Wildman–Crippen MR) is 118 cm³/mol. The van der Waals surface area contributed by atoms with Gasteiger partial charge in [0.15, 0.2) is 11.6 Å². The lowest BCUT2D eigenvalue weighted by atomic mass is 9.97. The highest BCUT2D eigenvalue weighted by Gasteiger charge is 2.43. The Hall–Kier alpha value is -3.22. The van der Waals surface area contributed by atoms with E-state index in [0.717, 1.165) is 29.9 Å². The van der Waals surface area contributed by atoms with Crippen LogP contribution in [0, 0.1) is 17.6 Å². The Morgan fingerprint density at radius 1 is 1.00 bits per heavy atom. The predicted octanol–water partition coefficient (Wildman–Crippen LogP) is 4.77. The number of benzene rings is 2. The molecule has 0 aliphatic carbocycles. The highest BCUT2D eigenvalue weighted by molar-refractivity contribution is 6.45. The minimum absolute atomic E-state index is 0.00372. The van der Waals surface area contributed by atoms with Crippen LogP contribution in [0.2, 0.25) is 0 Å². The van der Waals surface area contributed by atoms with Gasteiger partial charge in [0.05, 0.1) is 17.4 Å². The van der Waals surface area contributed by atoms with E-state index in [-0.39, 0.29) is 17.4 Å². The molecule has 0 aromatic heterocycles. The van der Waals surface area contributed by atoms with E-state index >= 15 is 0 Å². The molecule has 1 atom stereocenters. The van der Waals surface area contributed by atoms with Gasteiger partial charge in [-0.25, -0.2) is 13.7 Å². The summed E-state index contributed by atoms with van der Waals surface area (Å²) in [5.41, 5.74) is 1.17. The van der Waals surface area contributed by atoms with Gasteiger partial charge in [-0.1, -0.05) is 19.1 Å². The SMILES string of the molecule is CC1CCCN(C2=C(c3ccc(OC(C)C)cc3)C(=O)N(c3ccc(F)c(F)c3)C2=O)C1. The van der Waals surface area contributed by atoms with Crippen LogP contribution in [-0.4, -0.2) is 35.9 Å². The van der Waals surface area contributed by atoms with Crippen LogP contribution >= 0.6 is 0 Å². The normalized spacial score (nSPS) is 19.4. The standard InChI is InChI=1S/C25H26F2N2O3/c1-15(2)32-19-9-6-17(7-10-19)22-23(28-12-4-5-16(3)14-28)25(31)29(24(22)30)18-8-11-20(26)21(27)13-18/h6-11,13,15-16H,4-5,12,14H2,1-3H3. The van der Waals surface area contributed by atoms with Gasteiger partial charge in [0.2, 0.25) is 0 Å². The third kappa shape index (κ3) is 4.11. The molecule has 0 radical (unpaired) electrons. The van der Waals surface area contributed by atoms with Gasteiger partial charge >= 0.3 is 0 Å². The van der Waals surface area contributed by atoms with E-state index in [1.165, 1.54) is 6.07 Å². The molecular weight excluding hydrogens is 414 g/mol. The van der Waals surface area contributed by atoms with Crippen molar-refractivity contribution in [1.82, 2.24) is 4.90 Å². The second kappa shape index (κ2) is 8.73. The first-order chi connectivity index (χ1) is 15.3. The lowest BCUT2D eigenvalue weighted by molar-refractivity contribution is -0.120. The monoisotopic (exact) mass is 440 g/mol. The molecular formula is C25H26F2N2O3. The van der Waals surface area contributed by atoms with Gasteiger partial charge in [-0.15, -0.1) is 0 Å². The van der Waals surface area contributed by atoms with Gasteiger partial charge in [-0.05, 0) is 62.4 Å². The number of halogens is 2. The van der Waals surface area contributed by atoms with E-state index in [4.69, 9.17) is 4.74 Å². The number of piperidine rings is 1. The summed E-state index contributed by atoms with van der Waals surface area (Å²) in [4.78, 5) is 29.8. The first-order valence-electron chi connectivity index (χ1n) is 10.9. The van der Waals surface area contributed by atoms with Crippen molar-refractivity contribution >= 4 is 23.1 Å². The minimum atomic E-state index is -1.11. The maximum absolute atomic E-state index is 13.9. The second-order valence-electron chi connectivity index (χ2n) is 8.65. The number of amides is 2. The van der Waals surface area contributed by atoms with Crippen molar-refractivity contribution in [2.75, 3.05) is 18.0 Å². The fourth-order valence-corrected chi connectivity index (χ4v) is 4.30. The van der Waals surface area contributed by atoms with Crippen molar-refractivity contribution < 1.29 is 23.1 Å². The molecule has 2 aliphatic rings. The van der Waals surface area contributed by atoms with Crippen LogP contribution < -0.4 is 9.64 Å². The number of rotatable bonds is 5. The van der Waals surface area contributed by atoms with Crippen molar-refractivity contribution in [3.63, 3.8) is 0 Å². The molecule has 2 aliphatic heterocycles. The van der Waals surface area contributed by atoms with Gasteiger partial charge in [-0.2, -0.15) is 0 Å². The Morgan fingerprint density at radius 2 is 1.72 bits per heavy atom.